The standard InChI is InChI=1S/C18H22ClN3O2/c19-13-4-5-16-15(11-13)21-17(24-16)12-6-9-22(10-7-12)18(23)14-3-1-2-8-20-14/h4-5,11-12,14,20H,1-3,6-10H2/t14-/m1/s1. The molecule has 2 aliphatic rings. The van der Waals surface area contributed by atoms with Gasteiger partial charge >= 0.3 is 0 Å². The van der Waals surface area contributed by atoms with Gasteiger partial charge in [0.15, 0.2) is 11.5 Å². The van der Waals surface area contributed by atoms with Gasteiger partial charge in [-0.05, 0) is 50.4 Å². The van der Waals surface area contributed by atoms with Crippen molar-refractivity contribution in [3.63, 3.8) is 0 Å². The van der Waals surface area contributed by atoms with Gasteiger partial charge in [0, 0.05) is 24.0 Å². The summed E-state index contributed by atoms with van der Waals surface area (Å²) in [6, 6.07) is 5.53. The molecule has 2 aromatic rings. The minimum Gasteiger partial charge on any atom is -0.440 e. The molecule has 6 heteroatoms. The fourth-order valence-corrected chi connectivity index (χ4v) is 3.89. The summed E-state index contributed by atoms with van der Waals surface area (Å²) in [5.74, 6) is 1.31. The quantitative estimate of drug-likeness (QED) is 0.905. The highest BCUT2D eigenvalue weighted by molar-refractivity contribution is 6.31. The molecule has 0 bridgehead atoms. The van der Waals surface area contributed by atoms with Crippen LogP contribution in [0.4, 0.5) is 0 Å². The minimum absolute atomic E-state index is 0.0155. The Balaban J connectivity index is 1.40. The molecule has 0 radical (unpaired) electrons. The van der Waals surface area contributed by atoms with E-state index in [0.29, 0.717) is 5.02 Å². The number of amides is 1. The average molecular weight is 348 g/mol. The van der Waals surface area contributed by atoms with Crippen molar-refractivity contribution in [3.8, 4) is 0 Å². The van der Waals surface area contributed by atoms with Crippen LogP contribution in [-0.4, -0.2) is 41.5 Å². The fourth-order valence-electron chi connectivity index (χ4n) is 3.72. The maximum atomic E-state index is 12.6. The lowest BCUT2D eigenvalue weighted by molar-refractivity contribution is -0.135. The molecule has 1 aromatic carbocycles. The van der Waals surface area contributed by atoms with Crippen molar-refractivity contribution >= 4 is 28.6 Å². The summed E-state index contributed by atoms with van der Waals surface area (Å²) in [6.07, 6.45) is 5.08. The number of oxazole rings is 1. The zero-order chi connectivity index (χ0) is 16.5. The van der Waals surface area contributed by atoms with Gasteiger partial charge in [0.2, 0.25) is 5.91 Å². The third kappa shape index (κ3) is 3.15. The highest BCUT2D eigenvalue weighted by Crippen LogP contribution is 2.31. The Hall–Kier alpha value is -1.59. The molecule has 1 amide bonds. The van der Waals surface area contributed by atoms with Crippen molar-refractivity contribution in [2.75, 3.05) is 19.6 Å². The summed E-state index contributed by atoms with van der Waals surface area (Å²) >= 11 is 6.01. The number of halogens is 1. The van der Waals surface area contributed by atoms with E-state index in [1.54, 1.807) is 0 Å². The number of fused-ring (bicyclic) bond motifs is 1. The monoisotopic (exact) mass is 347 g/mol. The molecule has 4 rings (SSSR count). The fraction of sp³-hybridized carbons (Fsp3) is 0.556. The van der Waals surface area contributed by atoms with Crippen molar-refractivity contribution < 1.29 is 9.21 Å². The first-order chi connectivity index (χ1) is 11.7. The van der Waals surface area contributed by atoms with Crippen LogP contribution in [0.2, 0.25) is 5.02 Å². The number of benzene rings is 1. The molecular formula is C18H22ClN3O2. The van der Waals surface area contributed by atoms with Crippen LogP contribution in [0.3, 0.4) is 0 Å². The van der Waals surface area contributed by atoms with Gasteiger partial charge in [0.25, 0.3) is 0 Å². The number of hydrogen-bond acceptors (Lipinski definition) is 4. The molecule has 0 saturated carbocycles. The molecule has 0 spiro atoms. The molecule has 0 aliphatic carbocycles. The first-order valence-electron chi connectivity index (χ1n) is 8.79. The number of nitrogens with zero attached hydrogens (tertiary/aromatic N) is 2. The number of likely N-dealkylation sites (tertiary alicyclic amines) is 1. The van der Waals surface area contributed by atoms with Crippen LogP contribution in [0.15, 0.2) is 22.6 Å². The minimum atomic E-state index is 0.0155. The van der Waals surface area contributed by atoms with E-state index >= 15 is 0 Å². The van der Waals surface area contributed by atoms with E-state index in [2.05, 4.69) is 10.3 Å². The molecule has 1 atom stereocenters. The maximum Gasteiger partial charge on any atom is 0.239 e. The van der Waals surface area contributed by atoms with Crippen LogP contribution in [-0.2, 0) is 4.79 Å². The lowest BCUT2D eigenvalue weighted by Gasteiger charge is -2.34. The Bertz CT molecular complexity index is 731. The SMILES string of the molecule is O=C([C@H]1CCCCN1)N1CCC(c2nc3cc(Cl)ccc3o2)CC1. The van der Waals surface area contributed by atoms with E-state index in [0.717, 1.165) is 62.3 Å². The van der Waals surface area contributed by atoms with Gasteiger partial charge in [-0.3, -0.25) is 4.79 Å². The van der Waals surface area contributed by atoms with Gasteiger partial charge in [-0.1, -0.05) is 18.0 Å². The third-order valence-electron chi connectivity index (χ3n) is 5.13. The zero-order valence-electron chi connectivity index (χ0n) is 13.6. The van der Waals surface area contributed by atoms with Gasteiger partial charge in [0.1, 0.15) is 5.52 Å². The number of rotatable bonds is 2. The van der Waals surface area contributed by atoms with E-state index in [1.165, 1.54) is 6.42 Å². The Morgan fingerprint density at radius 2 is 2.08 bits per heavy atom. The third-order valence-corrected chi connectivity index (χ3v) is 5.37. The number of aromatic nitrogens is 1. The smallest absolute Gasteiger partial charge is 0.239 e. The van der Waals surface area contributed by atoms with Gasteiger partial charge in [0.05, 0.1) is 6.04 Å². The molecule has 1 N–H and O–H groups in total. The van der Waals surface area contributed by atoms with Gasteiger partial charge in [-0.2, -0.15) is 0 Å². The highest BCUT2D eigenvalue weighted by atomic mass is 35.5. The van der Waals surface area contributed by atoms with Crippen LogP contribution >= 0.6 is 11.6 Å². The Morgan fingerprint density at radius 3 is 2.83 bits per heavy atom. The predicted octanol–water partition coefficient (Wildman–Crippen LogP) is 3.33. The summed E-state index contributed by atoms with van der Waals surface area (Å²) in [5.41, 5.74) is 1.58. The van der Waals surface area contributed by atoms with E-state index in [4.69, 9.17) is 16.0 Å². The van der Waals surface area contributed by atoms with E-state index in [-0.39, 0.29) is 17.9 Å². The van der Waals surface area contributed by atoms with Crippen molar-refractivity contribution in [1.82, 2.24) is 15.2 Å². The molecule has 2 saturated heterocycles. The second-order valence-electron chi connectivity index (χ2n) is 6.77. The van der Waals surface area contributed by atoms with Gasteiger partial charge < -0.3 is 14.6 Å². The number of carbonyl (C=O) groups is 1. The summed E-state index contributed by atoms with van der Waals surface area (Å²) in [7, 11) is 0. The molecular weight excluding hydrogens is 326 g/mol. The van der Waals surface area contributed by atoms with Crippen LogP contribution in [0.25, 0.3) is 11.1 Å². The molecule has 1 aromatic heterocycles. The molecule has 128 valence electrons. The summed E-state index contributed by atoms with van der Waals surface area (Å²) in [6.45, 7) is 2.51. The summed E-state index contributed by atoms with van der Waals surface area (Å²) < 4.78 is 5.89. The molecule has 2 fully saturated rings. The molecule has 2 aliphatic heterocycles. The Kier molecular flexibility index (Phi) is 4.46. The van der Waals surface area contributed by atoms with Crippen LogP contribution in [0, 0.1) is 0 Å². The molecule has 0 unspecified atom stereocenters. The van der Waals surface area contributed by atoms with Crippen LogP contribution < -0.4 is 5.32 Å². The van der Waals surface area contributed by atoms with Gasteiger partial charge in [-0.25, -0.2) is 4.98 Å². The first kappa shape index (κ1) is 15.9. The lowest BCUT2D eigenvalue weighted by Crippen LogP contribution is -2.50. The summed E-state index contributed by atoms with van der Waals surface area (Å²) in [5, 5.41) is 4.02. The van der Waals surface area contributed by atoms with Crippen molar-refractivity contribution in [2.24, 2.45) is 0 Å². The number of hydrogen-bond donors (Lipinski definition) is 1. The summed E-state index contributed by atoms with van der Waals surface area (Å²) in [4.78, 5) is 19.2. The maximum absolute atomic E-state index is 12.6. The van der Waals surface area contributed by atoms with Crippen molar-refractivity contribution in [2.45, 2.75) is 44.1 Å². The van der Waals surface area contributed by atoms with Gasteiger partial charge in [-0.15, -0.1) is 0 Å². The molecule has 3 heterocycles. The van der Waals surface area contributed by atoms with E-state index in [9.17, 15) is 4.79 Å². The second kappa shape index (κ2) is 6.73. The average Bonchev–Trinajstić information content (AvgIpc) is 3.05. The highest BCUT2D eigenvalue weighted by Gasteiger charge is 2.31. The van der Waals surface area contributed by atoms with Crippen LogP contribution in [0.5, 0.6) is 0 Å². The zero-order valence-corrected chi connectivity index (χ0v) is 14.4. The van der Waals surface area contributed by atoms with Crippen molar-refractivity contribution in [1.29, 1.82) is 0 Å². The molecule has 5 nitrogen and oxygen atoms in total. The predicted molar refractivity (Wildman–Crippen MR) is 93.2 cm³/mol. The normalized spacial score (nSPS) is 22.9. The van der Waals surface area contributed by atoms with Crippen molar-refractivity contribution in [3.05, 3.63) is 29.1 Å². The number of nitrogens with one attached hydrogen (secondary N) is 1. The van der Waals surface area contributed by atoms with E-state index < -0.39 is 0 Å². The van der Waals surface area contributed by atoms with E-state index in [1.807, 2.05) is 23.1 Å². The Morgan fingerprint density at radius 1 is 1.25 bits per heavy atom. The van der Waals surface area contributed by atoms with Crippen LogP contribution in [0.1, 0.15) is 43.9 Å². The lowest BCUT2D eigenvalue weighted by atomic mass is 9.95. The second-order valence-corrected chi connectivity index (χ2v) is 7.20. The first-order valence-corrected chi connectivity index (χ1v) is 9.16. The number of carbonyl (C=O) groups excluding carboxylic acids is 1. The topological polar surface area (TPSA) is 58.4 Å². The largest absolute Gasteiger partial charge is 0.440 e. The number of piperidine rings is 2. The Labute approximate surface area is 146 Å². The molecule has 24 heavy (non-hydrogen) atoms.